The molecule has 6 nitrogen and oxygen atoms in total. The van der Waals surface area contributed by atoms with Gasteiger partial charge >= 0.3 is 0 Å². The molecule has 1 saturated heterocycles. The molecule has 5 rings (SSSR count). The zero-order valence-electron chi connectivity index (χ0n) is 23.5. The highest BCUT2D eigenvalue weighted by Gasteiger charge is 2.41. The van der Waals surface area contributed by atoms with Gasteiger partial charge in [0, 0.05) is 0 Å². The van der Waals surface area contributed by atoms with E-state index in [0.29, 0.717) is 46.7 Å². The van der Waals surface area contributed by atoms with E-state index in [-0.39, 0.29) is 10.7 Å². The third-order valence-electron chi connectivity index (χ3n) is 6.88. The van der Waals surface area contributed by atoms with Gasteiger partial charge in [-0.3, -0.25) is 19.4 Å². The van der Waals surface area contributed by atoms with E-state index in [9.17, 15) is 9.59 Å². The van der Waals surface area contributed by atoms with Crippen LogP contribution in [-0.2, 0) is 16.2 Å². The van der Waals surface area contributed by atoms with Crippen molar-refractivity contribution in [2.75, 3.05) is 16.4 Å². The summed E-state index contributed by atoms with van der Waals surface area (Å²) in [4.78, 5) is 30.4. The highest BCUT2D eigenvalue weighted by atomic mass is 35.5. The van der Waals surface area contributed by atoms with Crippen LogP contribution in [0.25, 0.3) is 6.08 Å². The molecule has 2 amide bonds. The number of thiocarbonyl (C=S) groups is 1. The normalized spacial score (nSPS) is 13.4. The van der Waals surface area contributed by atoms with Gasteiger partial charge in [-0.2, -0.15) is 0 Å². The molecule has 0 aromatic heterocycles. The molecule has 4 aromatic carbocycles. The Morgan fingerprint density at radius 1 is 0.786 bits per heavy atom. The quantitative estimate of drug-likeness (QED) is 0.119. The van der Waals surface area contributed by atoms with Gasteiger partial charge in [0.25, 0.3) is 11.8 Å². The van der Waals surface area contributed by atoms with E-state index in [1.165, 1.54) is 27.0 Å². The van der Waals surface area contributed by atoms with Crippen LogP contribution in [0.15, 0.2) is 96.6 Å². The molecule has 0 N–H and O–H groups in total. The molecule has 1 heterocycles. The van der Waals surface area contributed by atoms with Crippen molar-refractivity contribution in [3.63, 3.8) is 0 Å². The molecule has 212 valence electrons. The Bertz CT molecular complexity index is 1630. The first kappa shape index (κ1) is 29.0. The fourth-order valence-electron chi connectivity index (χ4n) is 4.63. The number of rotatable bonds is 8. The first-order chi connectivity index (χ1) is 20.3. The fraction of sp³-hybridized carbons (Fsp3) is 0.147. The second-order valence-corrected chi connectivity index (χ2v) is 10.5. The molecule has 1 aliphatic heterocycles. The number of halogens is 1. The number of anilines is 2. The smallest absolute Gasteiger partial charge is 0.270 e. The van der Waals surface area contributed by atoms with Crippen LogP contribution in [0.4, 0.5) is 11.4 Å². The number of nitrogens with zero attached hydrogens (tertiary/aromatic N) is 2. The number of hydrogen-bond donors (Lipinski definition) is 0. The van der Waals surface area contributed by atoms with Crippen LogP contribution in [-0.4, -0.2) is 23.5 Å². The van der Waals surface area contributed by atoms with Crippen LogP contribution < -0.4 is 19.3 Å². The Morgan fingerprint density at radius 3 is 1.93 bits per heavy atom. The molecule has 0 unspecified atom stereocenters. The number of ether oxygens (including phenoxy) is 2. The van der Waals surface area contributed by atoms with Crippen LogP contribution in [0.3, 0.4) is 0 Å². The highest BCUT2D eigenvalue weighted by molar-refractivity contribution is 7.81. The van der Waals surface area contributed by atoms with Crippen molar-refractivity contribution in [3.05, 3.63) is 124 Å². The minimum absolute atomic E-state index is 0.0707. The molecule has 4 aromatic rings. The third kappa shape index (κ3) is 5.93. The molecule has 0 saturated carbocycles. The lowest BCUT2D eigenvalue weighted by atomic mass is 10.0. The van der Waals surface area contributed by atoms with Crippen LogP contribution in [0.2, 0.25) is 5.02 Å². The predicted molar refractivity (Wildman–Crippen MR) is 171 cm³/mol. The van der Waals surface area contributed by atoms with E-state index in [4.69, 9.17) is 33.3 Å². The second kappa shape index (κ2) is 12.6. The summed E-state index contributed by atoms with van der Waals surface area (Å²) in [5.74, 6) is -0.273. The Kier molecular flexibility index (Phi) is 8.71. The van der Waals surface area contributed by atoms with Crippen molar-refractivity contribution in [2.45, 2.75) is 27.4 Å². The Labute approximate surface area is 255 Å². The largest absolute Gasteiger partial charge is 0.490 e. The van der Waals surface area contributed by atoms with E-state index in [1.54, 1.807) is 36.4 Å². The molecule has 0 atom stereocenters. The first-order valence-electron chi connectivity index (χ1n) is 13.5. The van der Waals surface area contributed by atoms with Gasteiger partial charge in [0.05, 0.1) is 23.0 Å². The number of benzene rings is 4. The van der Waals surface area contributed by atoms with Gasteiger partial charge in [0.2, 0.25) is 0 Å². The summed E-state index contributed by atoms with van der Waals surface area (Å²) in [5, 5.41) is 0.366. The maximum absolute atomic E-state index is 13.8. The monoisotopic (exact) mass is 596 g/mol. The number of amides is 2. The summed E-state index contributed by atoms with van der Waals surface area (Å²) in [7, 11) is 0. The van der Waals surface area contributed by atoms with Crippen LogP contribution in [0.5, 0.6) is 11.5 Å². The Balaban J connectivity index is 1.54. The van der Waals surface area contributed by atoms with Crippen molar-refractivity contribution >= 4 is 58.2 Å². The standard InChI is InChI=1S/C34H29ClN2O4S/c1-4-40-30-20-25(19-29(35)31(30)41-21-24-16-15-22(2)23(3)17-24)18-28-32(38)36(26-11-7-5-8-12-26)34(42)37(33(28)39)27-13-9-6-10-14-27/h5-20H,4,21H2,1-3H3. The molecule has 0 bridgehead atoms. The van der Waals surface area contributed by atoms with Gasteiger partial charge in [0.1, 0.15) is 12.2 Å². The summed E-state index contributed by atoms with van der Waals surface area (Å²) in [6, 6.07) is 27.5. The minimum Gasteiger partial charge on any atom is -0.490 e. The van der Waals surface area contributed by atoms with Gasteiger partial charge < -0.3 is 9.47 Å². The SMILES string of the molecule is CCOc1cc(C=C2C(=O)N(c3ccccc3)C(=S)N(c3ccccc3)C2=O)cc(Cl)c1OCc1ccc(C)c(C)c1. The first-order valence-corrected chi connectivity index (χ1v) is 14.3. The van der Waals surface area contributed by atoms with E-state index in [1.807, 2.05) is 49.4 Å². The molecule has 0 spiro atoms. The molecule has 42 heavy (non-hydrogen) atoms. The Morgan fingerprint density at radius 2 is 1.38 bits per heavy atom. The van der Waals surface area contributed by atoms with Crippen LogP contribution >= 0.6 is 23.8 Å². The van der Waals surface area contributed by atoms with Gasteiger partial charge in [-0.15, -0.1) is 0 Å². The van der Waals surface area contributed by atoms with Crippen molar-refractivity contribution in [1.82, 2.24) is 0 Å². The lowest BCUT2D eigenvalue weighted by molar-refractivity contribution is -0.120. The fourth-order valence-corrected chi connectivity index (χ4v) is 5.28. The molecule has 8 heteroatoms. The molecule has 1 aliphatic rings. The van der Waals surface area contributed by atoms with Gasteiger partial charge in [-0.25, -0.2) is 0 Å². The summed E-state index contributed by atoms with van der Waals surface area (Å²) >= 11 is 12.4. The highest BCUT2D eigenvalue weighted by Crippen LogP contribution is 2.39. The summed E-state index contributed by atoms with van der Waals surface area (Å²) in [5.41, 5.74) is 4.91. The zero-order valence-corrected chi connectivity index (χ0v) is 25.0. The number of aryl methyl sites for hydroxylation is 2. The van der Waals surface area contributed by atoms with E-state index in [0.717, 1.165) is 5.56 Å². The zero-order chi connectivity index (χ0) is 29.8. The topological polar surface area (TPSA) is 59.1 Å². The summed E-state index contributed by atoms with van der Waals surface area (Å²) in [6.07, 6.45) is 1.51. The average Bonchev–Trinajstić information content (AvgIpc) is 2.98. The average molecular weight is 597 g/mol. The van der Waals surface area contributed by atoms with E-state index in [2.05, 4.69) is 26.0 Å². The predicted octanol–water partition coefficient (Wildman–Crippen LogP) is 7.68. The summed E-state index contributed by atoms with van der Waals surface area (Å²) < 4.78 is 12.0. The van der Waals surface area contributed by atoms with E-state index >= 15 is 0 Å². The molecular formula is C34H29ClN2O4S. The molecular weight excluding hydrogens is 568 g/mol. The van der Waals surface area contributed by atoms with Gasteiger partial charge in [-0.05, 0) is 97.7 Å². The lowest BCUT2D eigenvalue weighted by Crippen LogP contribution is -2.56. The van der Waals surface area contributed by atoms with Crippen molar-refractivity contribution in [3.8, 4) is 11.5 Å². The molecule has 0 aliphatic carbocycles. The third-order valence-corrected chi connectivity index (χ3v) is 7.52. The number of carbonyl (C=O) groups excluding carboxylic acids is 2. The number of para-hydroxylation sites is 2. The van der Waals surface area contributed by atoms with Crippen molar-refractivity contribution < 1.29 is 19.1 Å². The lowest BCUT2D eigenvalue weighted by Gasteiger charge is -2.36. The van der Waals surface area contributed by atoms with Gasteiger partial charge in [0.15, 0.2) is 16.6 Å². The van der Waals surface area contributed by atoms with Gasteiger partial charge in [-0.1, -0.05) is 66.2 Å². The molecule has 1 fully saturated rings. The van der Waals surface area contributed by atoms with Crippen LogP contribution in [0.1, 0.15) is 29.2 Å². The maximum Gasteiger partial charge on any atom is 0.270 e. The number of carbonyl (C=O) groups is 2. The van der Waals surface area contributed by atoms with Crippen LogP contribution in [0, 0.1) is 13.8 Å². The summed E-state index contributed by atoms with van der Waals surface area (Å²) in [6.45, 7) is 6.64. The van der Waals surface area contributed by atoms with Crippen molar-refractivity contribution in [2.24, 2.45) is 0 Å². The number of hydrogen-bond acceptors (Lipinski definition) is 5. The van der Waals surface area contributed by atoms with Crippen molar-refractivity contribution in [1.29, 1.82) is 0 Å². The molecule has 0 radical (unpaired) electrons. The second-order valence-electron chi connectivity index (χ2n) is 9.76. The van der Waals surface area contributed by atoms with E-state index < -0.39 is 11.8 Å². The Hall–Kier alpha value is -4.46. The minimum atomic E-state index is -0.535. The maximum atomic E-state index is 13.8.